The number of alkyl halides is 1. The molecular weight excluding hydrogens is 362 g/mol. The predicted molar refractivity (Wildman–Crippen MR) is 78.2 cm³/mol. The van der Waals surface area contributed by atoms with Gasteiger partial charge in [0.25, 0.3) is 5.91 Å². The van der Waals surface area contributed by atoms with E-state index in [0.717, 1.165) is 25.7 Å². The molecule has 0 saturated heterocycles. The van der Waals surface area contributed by atoms with E-state index in [0.29, 0.717) is 14.9 Å². The van der Waals surface area contributed by atoms with Gasteiger partial charge in [-0.3, -0.25) is 4.79 Å². The Labute approximate surface area is 123 Å². The first-order valence-corrected chi connectivity index (χ1v) is 7.70. The molecule has 98 valence electrons. The summed E-state index contributed by atoms with van der Waals surface area (Å²) in [6.07, 6.45) is 4.20. The maximum Gasteiger partial charge on any atom is 0.251 e. The number of phenolic OH excluding ortho intramolecular Hbond substituents is 1. The maximum absolute atomic E-state index is 12.0. The molecule has 1 fully saturated rings. The van der Waals surface area contributed by atoms with Crippen molar-refractivity contribution in [3.63, 3.8) is 0 Å². The standard InChI is InChI=1S/C13H15Br2NO2/c14-9-2-4-10(5-3-9)16-13(18)8-1-6-11(15)12(17)7-8/h1,6-7,9-10,17H,2-5H2,(H,16,18). The smallest absolute Gasteiger partial charge is 0.251 e. The van der Waals surface area contributed by atoms with Crippen LogP contribution in [0.25, 0.3) is 0 Å². The van der Waals surface area contributed by atoms with Crippen molar-refractivity contribution in [1.82, 2.24) is 5.32 Å². The zero-order valence-corrected chi connectivity index (χ0v) is 13.0. The van der Waals surface area contributed by atoms with Crippen LogP contribution in [0.15, 0.2) is 22.7 Å². The lowest BCUT2D eigenvalue weighted by molar-refractivity contribution is 0.0928. The molecule has 3 nitrogen and oxygen atoms in total. The lowest BCUT2D eigenvalue weighted by Crippen LogP contribution is -2.37. The summed E-state index contributed by atoms with van der Waals surface area (Å²) in [6.45, 7) is 0. The van der Waals surface area contributed by atoms with Crippen LogP contribution >= 0.6 is 31.9 Å². The predicted octanol–water partition coefficient (Wildman–Crippen LogP) is 3.59. The summed E-state index contributed by atoms with van der Waals surface area (Å²) in [6, 6.07) is 5.11. The van der Waals surface area contributed by atoms with E-state index in [1.165, 1.54) is 6.07 Å². The van der Waals surface area contributed by atoms with E-state index in [-0.39, 0.29) is 17.7 Å². The minimum atomic E-state index is -0.115. The van der Waals surface area contributed by atoms with Gasteiger partial charge in [-0.2, -0.15) is 0 Å². The summed E-state index contributed by atoms with van der Waals surface area (Å²) in [5, 5.41) is 12.6. The van der Waals surface area contributed by atoms with Crippen LogP contribution in [0.2, 0.25) is 0 Å². The SMILES string of the molecule is O=C(NC1CCC(Br)CC1)c1ccc(Br)c(O)c1. The van der Waals surface area contributed by atoms with Gasteiger partial charge in [0, 0.05) is 16.4 Å². The van der Waals surface area contributed by atoms with E-state index in [2.05, 4.69) is 37.2 Å². The highest BCUT2D eigenvalue weighted by Crippen LogP contribution is 2.26. The lowest BCUT2D eigenvalue weighted by Gasteiger charge is -2.26. The third kappa shape index (κ3) is 3.48. The molecule has 0 bridgehead atoms. The highest BCUT2D eigenvalue weighted by atomic mass is 79.9. The number of phenols is 1. The Balaban J connectivity index is 1.97. The van der Waals surface area contributed by atoms with Crippen molar-refractivity contribution in [3.05, 3.63) is 28.2 Å². The molecule has 0 unspecified atom stereocenters. The Kier molecular flexibility index (Phi) is 4.67. The van der Waals surface area contributed by atoms with Crippen LogP contribution in [0.5, 0.6) is 5.75 Å². The molecule has 0 aliphatic heterocycles. The highest BCUT2D eigenvalue weighted by molar-refractivity contribution is 9.10. The second kappa shape index (κ2) is 6.06. The summed E-state index contributed by atoms with van der Waals surface area (Å²) in [5.74, 6) is -0.0253. The zero-order chi connectivity index (χ0) is 13.1. The minimum absolute atomic E-state index is 0.0896. The molecule has 5 heteroatoms. The Morgan fingerprint density at radius 3 is 2.56 bits per heavy atom. The molecule has 0 spiro atoms. The molecule has 1 amide bonds. The third-order valence-corrected chi connectivity index (χ3v) is 4.79. The Bertz CT molecular complexity index is 443. The second-order valence-electron chi connectivity index (χ2n) is 4.59. The molecule has 1 aromatic carbocycles. The number of hydrogen-bond acceptors (Lipinski definition) is 2. The van der Waals surface area contributed by atoms with Crippen molar-refractivity contribution in [3.8, 4) is 5.75 Å². The lowest BCUT2D eigenvalue weighted by atomic mass is 9.95. The molecule has 0 radical (unpaired) electrons. The van der Waals surface area contributed by atoms with Gasteiger partial charge < -0.3 is 10.4 Å². The van der Waals surface area contributed by atoms with Crippen LogP contribution in [-0.4, -0.2) is 21.9 Å². The number of aromatic hydroxyl groups is 1. The van der Waals surface area contributed by atoms with Gasteiger partial charge in [-0.05, 0) is 59.8 Å². The van der Waals surface area contributed by atoms with Crippen molar-refractivity contribution >= 4 is 37.8 Å². The fraction of sp³-hybridized carbons (Fsp3) is 0.462. The Hall–Kier alpha value is -0.550. The summed E-state index contributed by atoms with van der Waals surface area (Å²) < 4.78 is 0.596. The van der Waals surface area contributed by atoms with E-state index in [1.807, 2.05) is 0 Å². The molecule has 0 atom stereocenters. The van der Waals surface area contributed by atoms with Crippen LogP contribution in [0, 0.1) is 0 Å². The molecule has 1 saturated carbocycles. The van der Waals surface area contributed by atoms with Crippen molar-refractivity contribution in [1.29, 1.82) is 0 Å². The number of benzene rings is 1. The molecule has 0 aromatic heterocycles. The number of amides is 1. The van der Waals surface area contributed by atoms with Crippen LogP contribution in [-0.2, 0) is 0 Å². The van der Waals surface area contributed by atoms with Crippen LogP contribution in [0.4, 0.5) is 0 Å². The first kappa shape index (κ1) is 13.9. The van der Waals surface area contributed by atoms with Gasteiger partial charge >= 0.3 is 0 Å². The number of carbonyl (C=O) groups excluding carboxylic acids is 1. The van der Waals surface area contributed by atoms with E-state index in [1.54, 1.807) is 12.1 Å². The number of nitrogens with one attached hydrogen (secondary N) is 1. The van der Waals surface area contributed by atoms with Gasteiger partial charge in [-0.15, -0.1) is 0 Å². The molecule has 18 heavy (non-hydrogen) atoms. The normalized spacial score (nSPS) is 23.7. The average Bonchev–Trinajstić information content (AvgIpc) is 2.35. The molecule has 0 heterocycles. The van der Waals surface area contributed by atoms with Gasteiger partial charge in [-0.1, -0.05) is 15.9 Å². The summed E-state index contributed by atoms with van der Waals surface area (Å²) in [4.78, 5) is 12.6. The maximum atomic E-state index is 12.0. The number of halogens is 2. The Morgan fingerprint density at radius 2 is 1.94 bits per heavy atom. The molecular formula is C13H15Br2NO2. The topological polar surface area (TPSA) is 49.3 Å². The van der Waals surface area contributed by atoms with Crippen molar-refractivity contribution < 1.29 is 9.90 Å². The zero-order valence-electron chi connectivity index (χ0n) is 9.83. The minimum Gasteiger partial charge on any atom is -0.507 e. The van der Waals surface area contributed by atoms with Gasteiger partial charge in [0.1, 0.15) is 5.75 Å². The fourth-order valence-corrected chi connectivity index (χ4v) is 2.90. The molecule has 2 N–H and O–H groups in total. The van der Waals surface area contributed by atoms with Gasteiger partial charge in [0.05, 0.1) is 4.47 Å². The van der Waals surface area contributed by atoms with Crippen LogP contribution < -0.4 is 5.32 Å². The summed E-state index contributed by atoms with van der Waals surface area (Å²) >= 11 is 6.79. The second-order valence-corrected chi connectivity index (χ2v) is 6.74. The van der Waals surface area contributed by atoms with Gasteiger partial charge in [0.2, 0.25) is 0 Å². The molecule has 1 aliphatic rings. The molecule has 2 rings (SSSR count). The highest BCUT2D eigenvalue weighted by Gasteiger charge is 2.21. The molecule has 1 aromatic rings. The van der Waals surface area contributed by atoms with Gasteiger partial charge in [0.15, 0.2) is 0 Å². The average molecular weight is 377 g/mol. The first-order chi connectivity index (χ1) is 8.56. The number of carbonyl (C=O) groups is 1. The van der Waals surface area contributed by atoms with Crippen molar-refractivity contribution in [2.24, 2.45) is 0 Å². The molecule has 1 aliphatic carbocycles. The van der Waals surface area contributed by atoms with E-state index in [4.69, 9.17) is 0 Å². The number of hydrogen-bond donors (Lipinski definition) is 2. The fourth-order valence-electron chi connectivity index (χ4n) is 2.12. The summed E-state index contributed by atoms with van der Waals surface area (Å²) in [5.41, 5.74) is 0.497. The monoisotopic (exact) mass is 375 g/mol. The summed E-state index contributed by atoms with van der Waals surface area (Å²) in [7, 11) is 0. The van der Waals surface area contributed by atoms with E-state index < -0.39 is 0 Å². The third-order valence-electron chi connectivity index (χ3n) is 3.20. The Morgan fingerprint density at radius 1 is 1.28 bits per heavy atom. The first-order valence-electron chi connectivity index (χ1n) is 5.99. The van der Waals surface area contributed by atoms with E-state index >= 15 is 0 Å². The van der Waals surface area contributed by atoms with Gasteiger partial charge in [-0.25, -0.2) is 0 Å². The van der Waals surface area contributed by atoms with Crippen LogP contribution in [0.3, 0.4) is 0 Å². The van der Waals surface area contributed by atoms with Crippen molar-refractivity contribution in [2.45, 2.75) is 36.6 Å². The number of rotatable bonds is 2. The quantitative estimate of drug-likeness (QED) is 0.775. The largest absolute Gasteiger partial charge is 0.507 e. The van der Waals surface area contributed by atoms with Crippen LogP contribution in [0.1, 0.15) is 36.0 Å². The van der Waals surface area contributed by atoms with Crippen molar-refractivity contribution in [2.75, 3.05) is 0 Å². The van der Waals surface area contributed by atoms with E-state index in [9.17, 15) is 9.90 Å².